The minimum Gasteiger partial charge on any atom is -0.497 e. The summed E-state index contributed by atoms with van der Waals surface area (Å²) in [4.78, 5) is 3.90. The van der Waals surface area contributed by atoms with E-state index in [1.54, 1.807) is 14.2 Å². The molecule has 0 bridgehead atoms. The van der Waals surface area contributed by atoms with Crippen molar-refractivity contribution in [2.45, 2.75) is 26.6 Å². The smallest absolute Gasteiger partial charge is 0.118 e. The van der Waals surface area contributed by atoms with Crippen LogP contribution in [0.5, 0.6) is 11.5 Å². The lowest BCUT2D eigenvalue weighted by Crippen LogP contribution is -2.22. The van der Waals surface area contributed by atoms with Crippen molar-refractivity contribution in [1.29, 1.82) is 0 Å². The molecule has 0 saturated carbocycles. The van der Waals surface area contributed by atoms with E-state index in [1.165, 1.54) is 21.6 Å². The molecule has 26 heavy (non-hydrogen) atoms. The molecule has 0 atom stereocenters. The van der Waals surface area contributed by atoms with Crippen molar-refractivity contribution in [3.05, 3.63) is 81.5 Å². The fourth-order valence-electron chi connectivity index (χ4n) is 2.92. The van der Waals surface area contributed by atoms with Crippen molar-refractivity contribution in [1.82, 2.24) is 4.90 Å². The third-order valence-corrected chi connectivity index (χ3v) is 5.47. The van der Waals surface area contributed by atoms with E-state index in [0.717, 1.165) is 31.1 Å². The number of rotatable bonds is 8. The number of ether oxygens (including phenoxy) is 2. The van der Waals surface area contributed by atoms with Gasteiger partial charge in [0.05, 0.1) is 14.2 Å². The van der Waals surface area contributed by atoms with Crippen molar-refractivity contribution in [3.63, 3.8) is 0 Å². The Kier molecular flexibility index (Phi) is 6.31. The maximum absolute atomic E-state index is 5.27. The average molecular weight is 368 g/mol. The van der Waals surface area contributed by atoms with E-state index < -0.39 is 0 Å². The van der Waals surface area contributed by atoms with Gasteiger partial charge in [-0.25, -0.2) is 0 Å². The summed E-state index contributed by atoms with van der Waals surface area (Å²) < 4.78 is 10.5. The molecule has 4 heteroatoms. The van der Waals surface area contributed by atoms with Crippen LogP contribution in [0, 0.1) is 6.92 Å². The number of nitrogens with zero attached hydrogens (tertiary/aromatic N) is 1. The van der Waals surface area contributed by atoms with Crippen LogP contribution in [0.3, 0.4) is 0 Å². The van der Waals surface area contributed by atoms with E-state index in [0.29, 0.717) is 0 Å². The van der Waals surface area contributed by atoms with Gasteiger partial charge in [0.1, 0.15) is 11.5 Å². The lowest BCUT2D eigenvalue weighted by atomic mass is 10.1. The van der Waals surface area contributed by atoms with E-state index in [9.17, 15) is 0 Å². The van der Waals surface area contributed by atoms with Gasteiger partial charge in [-0.05, 0) is 59.3 Å². The van der Waals surface area contributed by atoms with E-state index in [2.05, 4.69) is 47.5 Å². The molecule has 0 fully saturated rings. The Labute approximate surface area is 159 Å². The highest BCUT2D eigenvalue weighted by atomic mass is 32.1. The summed E-state index contributed by atoms with van der Waals surface area (Å²) in [5.41, 5.74) is 3.94. The molecule has 1 heterocycles. The zero-order chi connectivity index (χ0) is 18.4. The summed E-state index contributed by atoms with van der Waals surface area (Å²) in [5, 5.41) is 2.17. The van der Waals surface area contributed by atoms with Crippen LogP contribution in [0.4, 0.5) is 0 Å². The number of thiophene rings is 1. The predicted octanol–water partition coefficient (Wildman–Crippen LogP) is 5.28. The normalized spacial score (nSPS) is 10.9. The van der Waals surface area contributed by atoms with E-state index in [-0.39, 0.29) is 0 Å². The fourth-order valence-corrected chi connectivity index (χ4v) is 3.86. The first kappa shape index (κ1) is 18.5. The lowest BCUT2D eigenvalue weighted by molar-refractivity contribution is 0.249. The minimum atomic E-state index is 0.893. The molecule has 0 spiro atoms. The van der Waals surface area contributed by atoms with Crippen LogP contribution < -0.4 is 9.47 Å². The summed E-state index contributed by atoms with van der Waals surface area (Å²) in [6, 6.07) is 18.9. The fraction of sp³-hybridized carbons (Fsp3) is 0.273. The number of hydrogen-bond acceptors (Lipinski definition) is 4. The molecule has 2 aromatic carbocycles. The molecule has 0 N–H and O–H groups in total. The van der Waals surface area contributed by atoms with Crippen LogP contribution in [0.25, 0.3) is 0 Å². The van der Waals surface area contributed by atoms with Gasteiger partial charge in [0.25, 0.3) is 0 Å². The van der Waals surface area contributed by atoms with Crippen LogP contribution in [0.2, 0.25) is 0 Å². The number of methoxy groups -OCH3 is 2. The maximum atomic E-state index is 5.27. The summed E-state index contributed by atoms with van der Waals surface area (Å²) >= 11 is 1.83. The molecule has 0 unspecified atom stereocenters. The molecule has 1 aromatic heterocycles. The molecule has 0 radical (unpaired) electrons. The van der Waals surface area contributed by atoms with E-state index >= 15 is 0 Å². The monoisotopic (exact) mass is 367 g/mol. The van der Waals surface area contributed by atoms with Gasteiger partial charge in [-0.15, -0.1) is 11.3 Å². The van der Waals surface area contributed by atoms with Gasteiger partial charge in [-0.1, -0.05) is 24.3 Å². The number of hydrogen-bond donors (Lipinski definition) is 0. The number of aryl methyl sites for hydroxylation is 1. The Bertz CT molecular complexity index is 759. The predicted molar refractivity (Wildman–Crippen MR) is 108 cm³/mol. The molecular weight excluding hydrogens is 342 g/mol. The highest BCUT2D eigenvalue weighted by Crippen LogP contribution is 2.22. The average Bonchev–Trinajstić information content (AvgIpc) is 3.07. The summed E-state index contributed by atoms with van der Waals surface area (Å²) in [6.45, 7) is 4.92. The van der Waals surface area contributed by atoms with Gasteiger partial charge in [0.15, 0.2) is 0 Å². The third kappa shape index (κ3) is 4.87. The first-order valence-corrected chi connectivity index (χ1v) is 9.57. The molecule has 0 amide bonds. The largest absolute Gasteiger partial charge is 0.497 e. The summed E-state index contributed by atoms with van der Waals surface area (Å²) in [5.74, 6) is 1.79. The van der Waals surface area contributed by atoms with Crippen LogP contribution in [-0.2, 0) is 19.6 Å². The summed E-state index contributed by atoms with van der Waals surface area (Å²) in [7, 11) is 3.40. The Hall–Kier alpha value is -2.30. The van der Waals surface area contributed by atoms with Gasteiger partial charge < -0.3 is 9.47 Å². The van der Waals surface area contributed by atoms with Gasteiger partial charge in [0.2, 0.25) is 0 Å². The van der Waals surface area contributed by atoms with E-state index in [1.807, 2.05) is 35.6 Å². The zero-order valence-electron chi connectivity index (χ0n) is 15.6. The highest BCUT2D eigenvalue weighted by Gasteiger charge is 2.11. The van der Waals surface area contributed by atoms with Crippen LogP contribution in [-0.4, -0.2) is 19.1 Å². The minimum absolute atomic E-state index is 0.893. The van der Waals surface area contributed by atoms with Crippen molar-refractivity contribution >= 4 is 11.3 Å². The standard InChI is InChI=1S/C22H25NO2S/c1-17-12-13-26-22(17)16-23(14-18-4-8-20(24-2)9-5-18)15-19-6-10-21(25-3)11-7-19/h4-13H,14-16H2,1-3H3. The Morgan fingerprint density at radius 2 is 1.23 bits per heavy atom. The first-order valence-electron chi connectivity index (χ1n) is 8.69. The molecule has 136 valence electrons. The molecule has 0 aliphatic carbocycles. The molecular formula is C22H25NO2S. The Morgan fingerprint density at radius 1 is 0.731 bits per heavy atom. The highest BCUT2D eigenvalue weighted by molar-refractivity contribution is 7.10. The molecule has 3 aromatic rings. The number of benzene rings is 2. The molecule has 3 nitrogen and oxygen atoms in total. The van der Waals surface area contributed by atoms with Gasteiger partial charge in [-0.2, -0.15) is 0 Å². The van der Waals surface area contributed by atoms with Gasteiger partial charge >= 0.3 is 0 Å². The first-order chi connectivity index (χ1) is 12.7. The van der Waals surface area contributed by atoms with Crippen molar-refractivity contribution in [2.24, 2.45) is 0 Å². The van der Waals surface area contributed by atoms with Crippen molar-refractivity contribution in [2.75, 3.05) is 14.2 Å². The second kappa shape index (κ2) is 8.88. The quantitative estimate of drug-likeness (QED) is 0.541. The second-order valence-corrected chi connectivity index (χ2v) is 7.37. The molecule has 0 aliphatic heterocycles. The maximum Gasteiger partial charge on any atom is 0.118 e. The molecule has 0 saturated heterocycles. The zero-order valence-corrected chi connectivity index (χ0v) is 16.4. The Balaban J connectivity index is 1.76. The van der Waals surface area contributed by atoms with Crippen molar-refractivity contribution < 1.29 is 9.47 Å². The van der Waals surface area contributed by atoms with Gasteiger partial charge in [0, 0.05) is 24.5 Å². The van der Waals surface area contributed by atoms with Crippen LogP contribution in [0.1, 0.15) is 21.6 Å². The molecule has 0 aliphatic rings. The van der Waals surface area contributed by atoms with Gasteiger partial charge in [-0.3, -0.25) is 4.90 Å². The Morgan fingerprint density at radius 3 is 1.62 bits per heavy atom. The SMILES string of the molecule is COc1ccc(CN(Cc2ccc(OC)cc2)Cc2sccc2C)cc1. The second-order valence-electron chi connectivity index (χ2n) is 6.37. The lowest BCUT2D eigenvalue weighted by Gasteiger charge is -2.23. The van der Waals surface area contributed by atoms with Crippen molar-refractivity contribution in [3.8, 4) is 11.5 Å². The molecule has 3 rings (SSSR count). The topological polar surface area (TPSA) is 21.7 Å². The van der Waals surface area contributed by atoms with Crippen LogP contribution in [0.15, 0.2) is 60.0 Å². The van der Waals surface area contributed by atoms with Crippen LogP contribution >= 0.6 is 11.3 Å². The third-order valence-electron chi connectivity index (χ3n) is 4.47. The summed E-state index contributed by atoms with van der Waals surface area (Å²) in [6.07, 6.45) is 0. The van der Waals surface area contributed by atoms with E-state index in [4.69, 9.17) is 9.47 Å².